The van der Waals surface area contributed by atoms with Crippen LogP contribution in [-0.4, -0.2) is 54.7 Å². The molecule has 2 aliphatic heterocycles. The number of carbonyl (C=O) groups excluding carboxylic acids is 1. The van der Waals surface area contributed by atoms with Crippen molar-refractivity contribution in [2.24, 2.45) is 0 Å². The van der Waals surface area contributed by atoms with Gasteiger partial charge >= 0.3 is 0 Å². The highest BCUT2D eigenvalue weighted by atomic mass is 16.5. The fourth-order valence-electron chi connectivity index (χ4n) is 3.27. The van der Waals surface area contributed by atoms with Crippen LogP contribution in [-0.2, 0) is 4.79 Å². The average molecular weight is 323 g/mol. The number of anilines is 1. The molecule has 0 aliphatic carbocycles. The summed E-state index contributed by atoms with van der Waals surface area (Å²) in [7, 11) is 0. The van der Waals surface area contributed by atoms with Gasteiger partial charge in [-0.2, -0.15) is 5.26 Å². The number of aromatic nitrogens is 1. The zero-order chi connectivity index (χ0) is 16.5. The third kappa shape index (κ3) is 2.56. The van der Waals surface area contributed by atoms with Crippen molar-refractivity contribution in [1.29, 1.82) is 5.26 Å². The molecule has 1 N–H and O–H groups in total. The van der Waals surface area contributed by atoms with E-state index in [-0.39, 0.29) is 11.9 Å². The molecule has 1 aromatic carbocycles. The summed E-state index contributed by atoms with van der Waals surface area (Å²) in [5, 5.41) is 16.3. The first-order chi connectivity index (χ1) is 11.8. The Morgan fingerprint density at radius 2 is 2.21 bits per heavy atom. The number of fused-ring (bicyclic) bond motifs is 1. The molecule has 24 heavy (non-hydrogen) atoms. The molecule has 1 atom stereocenters. The predicted molar refractivity (Wildman–Crippen MR) is 87.2 cm³/mol. The van der Waals surface area contributed by atoms with Crippen LogP contribution >= 0.6 is 0 Å². The summed E-state index contributed by atoms with van der Waals surface area (Å²) in [5.74, 6) is 0.504. The number of carbonyl (C=O) groups is 1. The van der Waals surface area contributed by atoms with E-state index in [4.69, 9.17) is 9.78 Å². The highest BCUT2D eigenvalue weighted by molar-refractivity contribution is 5.97. The number of hydrogen-bond acceptors (Lipinski definition) is 6. The van der Waals surface area contributed by atoms with Gasteiger partial charge in [-0.3, -0.25) is 14.6 Å². The van der Waals surface area contributed by atoms with E-state index in [0.29, 0.717) is 30.2 Å². The van der Waals surface area contributed by atoms with Crippen molar-refractivity contribution >= 4 is 11.8 Å². The van der Waals surface area contributed by atoms with E-state index >= 15 is 0 Å². The third-order valence-electron chi connectivity index (χ3n) is 4.57. The van der Waals surface area contributed by atoms with Crippen LogP contribution < -0.4 is 10.2 Å². The van der Waals surface area contributed by atoms with Gasteiger partial charge < -0.3 is 9.84 Å². The first-order valence-electron chi connectivity index (χ1n) is 7.99. The zero-order valence-electron chi connectivity index (χ0n) is 13.1. The summed E-state index contributed by atoms with van der Waals surface area (Å²) >= 11 is 0. The van der Waals surface area contributed by atoms with E-state index in [1.54, 1.807) is 29.2 Å². The molecule has 2 aliphatic rings. The van der Waals surface area contributed by atoms with Crippen molar-refractivity contribution < 1.29 is 9.32 Å². The summed E-state index contributed by atoms with van der Waals surface area (Å²) in [6, 6.07) is 10.9. The molecule has 0 bridgehead atoms. The van der Waals surface area contributed by atoms with Crippen LogP contribution in [0.1, 0.15) is 5.56 Å². The Morgan fingerprint density at radius 1 is 1.29 bits per heavy atom. The smallest absolute Gasteiger partial charge is 0.248 e. The van der Waals surface area contributed by atoms with Crippen LogP contribution in [0.3, 0.4) is 0 Å². The summed E-state index contributed by atoms with van der Waals surface area (Å²) < 4.78 is 5.42. The lowest BCUT2D eigenvalue weighted by atomic mass is 10.1. The van der Waals surface area contributed by atoms with Crippen molar-refractivity contribution in [1.82, 2.24) is 15.4 Å². The fourth-order valence-corrected chi connectivity index (χ4v) is 3.27. The Kier molecular flexibility index (Phi) is 3.76. The van der Waals surface area contributed by atoms with E-state index in [0.717, 1.165) is 25.2 Å². The minimum Gasteiger partial charge on any atom is -0.338 e. The number of benzene rings is 1. The monoisotopic (exact) mass is 323 g/mol. The van der Waals surface area contributed by atoms with Gasteiger partial charge in [-0.05, 0) is 12.1 Å². The highest BCUT2D eigenvalue weighted by Gasteiger charge is 2.38. The summed E-state index contributed by atoms with van der Waals surface area (Å²) in [5.41, 5.74) is 1.99. The van der Waals surface area contributed by atoms with E-state index in [1.165, 1.54) is 0 Å². The molecule has 0 unspecified atom stereocenters. The standard InChI is InChI=1S/C17H17N5O2/c18-10-12-2-1-3-13(8-12)14-9-16(24-20-14)22-7-6-21-5-4-19-11-15(21)17(22)23/h1-3,8-9,15,19H,4-7,11H2/t15-/m1/s1. The zero-order valence-corrected chi connectivity index (χ0v) is 13.1. The second-order valence-corrected chi connectivity index (χ2v) is 5.99. The number of nitrogens with zero attached hydrogens (tertiary/aromatic N) is 4. The van der Waals surface area contributed by atoms with Crippen molar-refractivity contribution in [2.75, 3.05) is 37.6 Å². The number of amides is 1. The van der Waals surface area contributed by atoms with Crippen molar-refractivity contribution in [3.63, 3.8) is 0 Å². The molecule has 7 nitrogen and oxygen atoms in total. The quantitative estimate of drug-likeness (QED) is 0.881. The SMILES string of the molecule is N#Cc1cccc(-c2cc(N3CCN4CCNC[C@@H]4C3=O)on2)c1. The molecule has 1 aromatic heterocycles. The minimum absolute atomic E-state index is 0.0434. The number of nitriles is 1. The maximum absolute atomic E-state index is 12.7. The summed E-state index contributed by atoms with van der Waals surface area (Å²) in [6.07, 6.45) is 0. The molecular weight excluding hydrogens is 306 g/mol. The maximum atomic E-state index is 12.7. The van der Waals surface area contributed by atoms with Crippen molar-refractivity contribution in [3.8, 4) is 17.3 Å². The maximum Gasteiger partial charge on any atom is 0.248 e. The number of nitrogens with one attached hydrogen (secondary N) is 1. The largest absolute Gasteiger partial charge is 0.338 e. The molecule has 2 saturated heterocycles. The highest BCUT2D eigenvalue weighted by Crippen LogP contribution is 2.27. The Morgan fingerprint density at radius 3 is 3.08 bits per heavy atom. The lowest BCUT2D eigenvalue weighted by molar-refractivity contribution is -0.126. The molecule has 2 fully saturated rings. The van der Waals surface area contributed by atoms with Gasteiger partial charge in [0.2, 0.25) is 11.8 Å². The lowest BCUT2D eigenvalue weighted by Gasteiger charge is -2.42. The average Bonchev–Trinajstić information content (AvgIpc) is 3.12. The topological polar surface area (TPSA) is 85.4 Å². The van der Waals surface area contributed by atoms with Gasteiger partial charge in [0.05, 0.1) is 11.6 Å². The van der Waals surface area contributed by atoms with Gasteiger partial charge in [0.25, 0.3) is 0 Å². The van der Waals surface area contributed by atoms with Gasteiger partial charge in [-0.15, -0.1) is 0 Å². The molecule has 4 rings (SSSR count). The van der Waals surface area contributed by atoms with Gasteiger partial charge in [0, 0.05) is 44.4 Å². The molecular formula is C17H17N5O2. The van der Waals surface area contributed by atoms with Crippen molar-refractivity contribution in [3.05, 3.63) is 35.9 Å². The normalized spacial score (nSPS) is 21.4. The van der Waals surface area contributed by atoms with E-state index in [1.807, 2.05) is 6.07 Å². The predicted octanol–water partition coefficient (Wildman–Crippen LogP) is 0.834. The Bertz CT molecular complexity index is 809. The molecule has 7 heteroatoms. The van der Waals surface area contributed by atoms with Gasteiger partial charge in [-0.1, -0.05) is 17.3 Å². The van der Waals surface area contributed by atoms with Gasteiger partial charge in [0.15, 0.2) is 0 Å². The lowest BCUT2D eigenvalue weighted by Crippen LogP contribution is -2.64. The second-order valence-electron chi connectivity index (χ2n) is 5.99. The summed E-state index contributed by atoms with van der Waals surface area (Å²) in [4.78, 5) is 16.6. The Labute approximate surface area is 139 Å². The number of piperazine rings is 2. The van der Waals surface area contributed by atoms with Crippen molar-refractivity contribution in [2.45, 2.75) is 6.04 Å². The van der Waals surface area contributed by atoms with Crippen LogP contribution in [0.15, 0.2) is 34.9 Å². The van der Waals surface area contributed by atoms with Crippen LogP contribution in [0.4, 0.5) is 5.88 Å². The fraction of sp³-hybridized carbons (Fsp3) is 0.353. The first-order valence-corrected chi connectivity index (χ1v) is 7.99. The number of hydrogen-bond donors (Lipinski definition) is 1. The van der Waals surface area contributed by atoms with E-state index < -0.39 is 0 Å². The molecule has 0 radical (unpaired) electrons. The van der Waals surface area contributed by atoms with Gasteiger partial charge in [-0.25, -0.2) is 0 Å². The molecule has 1 amide bonds. The van der Waals surface area contributed by atoms with E-state index in [2.05, 4.69) is 21.4 Å². The van der Waals surface area contributed by atoms with Crippen LogP contribution in [0.25, 0.3) is 11.3 Å². The van der Waals surface area contributed by atoms with E-state index in [9.17, 15) is 4.79 Å². The van der Waals surface area contributed by atoms with Gasteiger partial charge in [0.1, 0.15) is 11.7 Å². The Hall–Kier alpha value is -2.69. The molecule has 2 aromatic rings. The second kappa shape index (κ2) is 6.07. The first kappa shape index (κ1) is 14.9. The molecule has 0 spiro atoms. The Balaban J connectivity index is 1.58. The molecule has 3 heterocycles. The van der Waals surface area contributed by atoms with Crippen LogP contribution in [0.5, 0.6) is 0 Å². The number of rotatable bonds is 2. The minimum atomic E-state index is -0.136. The van der Waals surface area contributed by atoms with Crippen LogP contribution in [0.2, 0.25) is 0 Å². The third-order valence-corrected chi connectivity index (χ3v) is 4.57. The molecule has 0 saturated carbocycles. The van der Waals surface area contributed by atoms with Crippen LogP contribution in [0, 0.1) is 11.3 Å². The summed E-state index contributed by atoms with van der Waals surface area (Å²) in [6.45, 7) is 3.92. The molecule has 122 valence electrons.